The third-order valence-corrected chi connectivity index (χ3v) is 2.52. The van der Waals surface area contributed by atoms with Gasteiger partial charge < -0.3 is 14.8 Å². The van der Waals surface area contributed by atoms with Gasteiger partial charge in [0.15, 0.2) is 6.10 Å². The Bertz CT molecular complexity index is 548. The third-order valence-electron chi connectivity index (χ3n) is 2.52. The average molecular weight is 232 g/mol. The Balaban J connectivity index is 2.42. The van der Waals surface area contributed by atoms with E-state index in [1.165, 1.54) is 0 Å². The Kier molecular flexibility index (Phi) is 2.93. The summed E-state index contributed by atoms with van der Waals surface area (Å²) in [5.74, 6) is -0.462. The lowest BCUT2D eigenvalue weighted by atomic mass is 10.1. The first kappa shape index (κ1) is 11.3. The van der Waals surface area contributed by atoms with Crippen LogP contribution in [-0.2, 0) is 4.79 Å². The number of rotatable bonds is 3. The predicted octanol–water partition coefficient (Wildman–Crippen LogP) is 1.30. The number of benzene rings is 1. The second-order valence-corrected chi connectivity index (χ2v) is 3.68. The molecule has 2 rings (SSSR count). The van der Waals surface area contributed by atoms with E-state index in [-0.39, 0.29) is 0 Å². The lowest BCUT2D eigenvalue weighted by molar-refractivity contribution is -0.146. The number of nitrogens with zero attached hydrogens (tertiary/aromatic N) is 2. The molecule has 2 N–H and O–H groups in total. The van der Waals surface area contributed by atoms with Gasteiger partial charge in [-0.1, -0.05) is 12.1 Å². The Morgan fingerprint density at radius 3 is 2.82 bits per heavy atom. The zero-order valence-corrected chi connectivity index (χ0v) is 9.24. The molecule has 0 aliphatic heterocycles. The number of imidazole rings is 1. The molecule has 5 nitrogen and oxygen atoms in total. The van der Waals surface area contributed by atoms with Crippen molar-refractivity contribution in [3.8, 4) is 5.69 Å². The fraction of sp³-hybridized carbons (Fsp3) is 0.167. The first-order valence-corrected chi connectivity index (χ1v) is 5.11. The Labute approximate surface area is 98.0 Å². The topological polar surface area (TPSA) is 75.3 Å². The van der Waals surface area contributed by atoms with Gasteiger partial charge in [0.2, 0.25) is 0 Å². The van der Waals surface area contributed by atoms with E-state index in [4.69, 9.17) is 5.11 Å². The van der Waals surface area contributed by atoms with Crippen molar-refractivity contribution in [3.05, 3.63) is 48.0 Å². The average Bonchev–Trinajstić information content (AvgIpc) is 2.74. The van der Waals surface area contributed by atoms with Gasteiger partial charge in [-0.3, -0.25) is 0 Å². The normalized spacial score (nSPS) is 12.4. The summed E-state index contributed by atoms with van der Waals surface area (Å²) in [6.45, 7) is 1.85. The summed E-state index contributed by atoms with van der Waals surface area (Å²) in [6, 6.07) is 6.74. The van der Waals surface area contributed by atoms with Gasteiger partial charge in [0, 0.05) is 18.1 Å². The molecule has 0 bridgehead atoms. The molecular formula is C12H12N2O3. The van der Waals surface area contributed by atoms with E-state index < -0.39 is 12.1 Å². The van der Waals surface area contributed by atoms with Crippen molar-refractivity contribution in [2.45, 2.75) is 13.0 Å². The molecule has 0 aliphatic carbocycles. The Hall–Kier alpha value is -2.14. The van der Waals surface area contributed by atoms with E-state index >= 15 is 0 Å². The summed E-state index contributed by atoms with van der Waals surface area (Å²) in [7, 11) is 0. The molecule has 1 heterocycles. The zero-order valence-electron chi connectivity index (χ0n) is 9.24. The molecule has 1 aromatic carbocycles. The van der Waals surface area contributed by atoms with Crippen LogP contribution < -0.4 is 0 Å². The van der Waals surface area contributed by atoms with Crippen LogP contribution in [0.5, 0.6) is 0 Å². The number of aliphatic carboxylic acids is 1. The van der Waals surface area contributed by atoms with Crippen molar-refractivity contribution in [2.24, 2.45) is 0 Å². The van der Waals surface area contributed by atoms with E-state index in [9.17, 15) is 9.90 Å². The number of hydrogen-bond donors (Lipinski definition) is 2. The van der Waals surface area contributed by atoms with Gasteiger partial charge in [0.1, 0.15) is 5.82 Å². The van der Waals surface area contributed by atoms with Gasteiger partial charge in [-0.2, -0.15) is 0 Å². The largest absolute Gasteiger partial charge is 0.479 e. The van der Waals surface area contributed by atoms with Crippen LogP contribution in [0, 0.1) is 6.92 Å². The minimum atomic E-state index is -1.50. The van der Waals surface area contributed by atoms with Gasteiger partial charge in [0.05, 0.1) is 0 Å². The maximum Gasteiger partial charge on any atom is 0.337 e. The van der Waals surface area contributed by atoms with E-state index in [2.05, 4.69) is 4.98 Å². The first-order chi connectivity index (χ1) is 8.09. The van der Waals surface area contributed by atoms with Crippen LogP contribution in [0.25, 0.3) is 5.69 Å². The molecule has 2 aromatic rings. The molecule has 0 radical (unpaired) electrons. The van der Waals surface area contributed by atoms with Crippen LogP contribution in [0.3, 0.4) is 0 Å². The summed E-state index contributed by atoms with van der Waals surface area (Å²) in [5, 5.41) is 18.2. The molecular weight excluding hydrogens is 220 g/mol. The molecule has 1 aromatic heterocycles. The highest BCUT2D eigenvalue weighted by Crippen LogP contribution is 2.18. The predicted molar refractivity (Wildman–Crippen MR) is 60.9 cm³/mol. The van der Waals surface area contributed by atoms with Gasteiger partial charge in [-0.15, -0.1) is 0 Å². The molecule has 0 aliphatic rings. The second-order valence-electron chi connectivity index (χ2n) is 3.68. The second kappa shape index (κ2) is 4.39. The lowest BCUT2D eigenvalue weighted by Gasteiger charge is -2.09. The Morgan fingerprint density at radius 1 is 1.47 bits per heavy atom. The Morgan fingerprint density at radius 2 is 2.24 bits per heavy atom. The van der Waals surface area contributed by atoms with Gasteiger partial charge >= 0.3 is 5.97 Å². The van der Waals surface area contributed by atoms with Crippen molar-refractivity contribution in [2.75, 3.05) is 0 Å². The van der Waals surface area contributed by atoms with E-state index in [1.807, 2.05) is 17.6 Å². The quantitative estimate of drug-likeness (QED) is 0.836. The van der Waals surface area contributed by atoms with Gasteiger partial charge in [0.25, 0.3) is 0 Å². The maximum absolute atomic E-state index is 10.7. The van der Waals surface area contributed by atoms with Crippen molar-refractivity contribution in [3.63, 3.8) is 0 Å². The number of carbonyl (C=O) groups is 1. The minimum absolute atomic E-state index is 0.350. The van der Waals surface area contributed by atoms with Crippen molar-refractivity contribution >= 4 is 5.97 Å². The summed E-state index contributed by atoms with van der Waals surface area (Å²) in [6.07, 6.45) is 1.94. The molecule has 5 heteroatoms. The smallest absolute Gasteiger partial charge is 0.337 e. The summed E-state index contributed by atoms with van der Waals surface area (Å²) in [4.78, 5) is 14.8. The highest BCUT2D eigenvalue weighted by Gasteiger charge is 2.16. The number of carboxylic acid groups (broad SMARTS) is 1. The van der Waals surface area contributed by atoms with Crippen LogP contribution in [-0.4, -0.2) is 25.7 Å². The highest BCUT2D eigenvalue weighted by atomic mass is 16.4. The molecule has 0 saturated heterocycles. The fourth-order valence-corrected chi connectivity index (χ4v) is 1.64. The molecule has 1 atom stereocenters. The number of aliphatic hydroxyl groups excluding tert-OH is 1. The van der Waals surface area contributed by atoms with Crippen LogP contribution in [0.4, 0.5) is 0 Å². The number of carboxylic acids is 1. The summed E-state index contributed by atoms with van der Waals surface area (Å²) in [5.41, 5.74) is 1.13. The molecule has 0 saturated carbocycles. The highest BCUT2D eigenvalue weighted by molar-refractivity contribution is 5.74. The van der Waals surface area contributed by atoms with Crippen molar-refractivity contribution < 1.29 is 15.0 Å². The summed E-state index contributed by atoms with van der Waals surface area (Å²) < 4.78 is 1.82. The standard InChI is InChI=1S/C12H12N2O3/c1-8-13-5-6-14(8)10-4-2-3-9(7-10)11(15)12(16)17/h2-7,11,15H,1H3,(H,16,17). The molecule has 0 fully saturated rings. The third kappa shape index (κ3) is 2.19. The molecule has 0 spiro atoms. The summed E-state index contributed by atoms with van der Waals surface area (Å²) >= 11 is 0. The van der Waals surface area contributed by atoms with E-state index in [0.717, 1.165) is 11.5 Å². The van der Waals surface area contributed by atoms with Crippen molar-refractivity contribution in [1.82, 2.24) is 9.55 Å². The first-order valence-electron chi connectivity index (χ1n) is 5.11. The number of aromatic nitrogens is 2. The minimum Gasteiger partial charge on any atom is -0.479 e. The molecule has 1 unspecified atom stereocenters. The SMILES string of the molecule is Cc1nccn1-c1cccc(C(O)C(=O)O)c1. The monoisotopic (exact) mass is 232 g/mol. The van der Waals surface area contributed by atoms with Crippen LogP contribution in [0.2, 0.25) is 0 Å². The van der Waals surface area contributed by atoms with Gasteiger partial charge in [-0.25, -0.2) is 9.78 Å². The lowest BCUT2D eigenvalue weighted by Crippen LogP contribution is -2.10. The molecule has 0 amide bonds. The van der Waals surface area contributed by atoms with Crippen LogP contribution in [0.15, 0.2) is 36.7 Å². The van der Waals surface area contributed by atoms with Crippen LogP contribution in [0.1, 0.15) is 17.5 Å². The van der Waals surface area contributed by atoms with E-state index in [0.29, 0.717) is 5.56 Å². The van der Waals surface area contributed by atoms with Gasteiger partial charge in [-0.05, 0) is 24.6 Å². The zero-order chi connectivity index (χ0) is 12.4. The van der Waals surface area contributed by atoms with Crippen LogP contribution >= 0.6 is 0 Å². The van der Waals surface area contributed by atoms with Crippen molar-refractivity contribution in [1.29, 1.82) is 0 Å². The maximum atomic E-state index is 10.7. The van der Waals surface area contributed by atoms with E-state index in [1.54, 1.807) is 30.6 Å². The molecule has 88 valence electrons. The molecule has 17 heavy (non-hydrogen) atoms. The number of aliphatic hydroxyl groups is 1. The fourth-order valence-electron chi connectivity index (χ4n) is 1.64. The number of aryl methyl sites for hydroxylation is 1. The number of hydrogen-bond acceptors (Lipinski definition) is 3.